The van der Waals surface area contributed by atoms with Gasteiger partial charge in [-0.05, 0) is 32.2 Å². The van der Waals surface area contributed by atoms with Crippen molar-refractivity contribution >= 4 is 0 Å². The van der Waals surface area contributed by atoms with Gasteiger partial charge in [-0.1, -0.05) is 26.2 Å². The number of hydrogen-bond donors (Lipinski definition) is 1. The minimum absolute atomic E-state index is 0.709. The molecule has 0 aliphatic heterocycles. The first-order valence-corrected chi connectivity index (χ1v) is 4.91. The van der Waals surface area contributed by atoms with E-state index in [1.54, 1.807) is 0 Å². The molecule has 1 N–H and O–H groups in total. The molecule has 1 fully saturated rings. The third kappa shape index (κ3) is 2.48. The highest BCUT2D eigenvalue weighted by atomic mass is 14.8. The van der Waals surface area contributed by atoms with Crippen molar-refractivity contribution in [3.05, 3.63) is 0 Å². The predicted molar refractivity (Wildman–Crippen MR) is 49.6 cm³/mol. The zero-order chi connectivity index (χ0) is 8.27. The average Bonchev–Trinajstić information content (AvgIpc) is 2.37. The topological polar surface area (TPSA) is 12.0 Å². The second-order valence-corrected chi connectivity index (χ2v) is 4.09. The van der Waals surface area contributed by atoms with E-state index in [9.17, 15) is 0 Å². The molecule has 1 aliphatic rings. The van der Waals surface area contributed by atoms with E-state index in [-0.39, 0.29) is 0 Å². The number of nitrogens with one attached hydrogen (secondary N) is 1. The molecule has 3 unspecified atom stereocenters. The van der Waals surface area contributed by atoms with E-state index in [4.69, 9.17) is 0 Å². The molecular weight excluding hydrogens is 134 g/mol. The van der Waals surface area contributed by atoms with Gasteiger partial charge in [-0.2, -0.15) is 0 Å². The van der Waals surface area contributed by atoms with Crippen molar-refractivity contribution in [2.45, 2.75) is 45.6 Å². The molecule has 1 rings (SSSR count). The van der Waals surface area contributed by atoms with Gasteiger partial charge in [0.25, 0.3) is 0 Å². The Kier molecular flexibility index (Phi) is 3.38. The summed E-state index contributed by atoms with van der Waals surface area (Å²) in [6.07, 6.45) is 5.76. The minimum atomic E-state index is 0.709. The molecule has 0 aromatic rings. The van der Waals surface area contributed by atoms with Gasteiger partial charge in [-0.15, -0.1) is 0 Å². The van der Waals surface area contributed by atoms with E-state index in [2.05, 4.69) is 26.2 Å². The summed E-state index contributed by atoms with van der Waals surface area (Å²) in [5, 5.41) is 3.31. The van der Waals surface area contributed by atoms with Gasteiger partial charge in [-0.3, -0.25) is 0 Å². The molecule has 1 aliphatic carbocycles. The molecule has 0 radical (unpaired) electrons. The maximum Gasteiger partial charge on any atom is 0.00384 e. The van der Waals surface area contributed by atoms with Crippen LogP contribution in [0.3, 0.4) is 0 Å². The van der Waals surface area contributed by atoms with Crippen LogP contribution in [0.2, 0.25) is 0 Å². The van der Waals surface area contributed by atoms with Crippen LogP contribution in [0.15, 0.2) is 0 Å². The monoisotopic (exact) mass is 155 g/mol. The third-order valence-corrected chi connectivity index (χ3v) is 3.19. The van der Waals surface area contributed by atoms with Gasteiger partial charge in [-0.25, -0.2) is 0 Å². The summed E-state index contributed by atoms with van der Waals surface area (Å²) in [4.78, 5) is 0. The van der Waals surface area contributed by atoms with Gasteiger partial charge in [0.1, 0.15) is 0 Å². The van der Waals surface area contributed by atoms with Gasteiger partial charge < -0.3 is 5.32 Å². The fourth-order valence-corrected chi connectivity index (χ4v) is 2.14. The Morgan fingerprint density at radius 2 is 2.18 bits per heavy atom. The van der Waals surface area contributed by atoms with Gasteiger partial charge >= 0.3 is 0 Å². The van der Waals surface area contributed by atoms with Crippen molar-refractivity contribution in [1.82, 2.24) is 5.32 Å². The van der Waals surface area contributed by atoms with E-state index in [0.29, 0.717) is 6.04 Å². The third-order valence-electron chi connectivity index (χ3n) is 3.19. The summed E-state index contributed by atoms with van der Waals surface area (Å²) >= 11 is 0. The summed E-state index contributed by atoms with van der Waals surface area (Å²) < 4.78 is 0. The molecule has 1 nitrogen and oxygen atoms in total. The highest BCUT2D eigenvalue weighted by Gasteiger charge is 2.24. The Hall–Kier alpha value is -0.0400. The normalized spacial score (nSPS) is 34.1. The fraction of sp³-hybridized carbons (Fsp3) is 1.00. The van der Waals surface area contributed by atoms with Crippen molar-refractivity contribution in [3.8, 4) is 0 Å². The van der Waals surface area contributed by atoms with Crippen LogP contribution in [-0.2, 0) is 0 Å². The van der Waals surface area contributed by atoms with Crippen LogP contribution in [-0.4, -0.2) is 13.1 Å². The van der Waals surface area contributed by atoms with E-state index in [0.717, 1.165) is 11.8 Å². The first kappa shape index (κ1) is 9.05. The van der Waals surface area contributed by atoms with E-state index in [1.165, 1.54) is 25.7 Å². The summed E-state index contributed by atoms with van der Waals surface area (Å²) in [6.45, 7) is 4.69. The van der Waals surface area contributed by atoms with Gasteiger partial charge in [0.05, 0.1) is 0 Å². The van der Waals surface area contributed by atoms with Gasteiger partial charge in [0.2, 0.25) is 0 Å². The SMILES string of the molecule is CNC(C)CC1CCCC1C. The summed E-state index contributed by atoms with van der Waals surface area (Å²) in [5.74, 6) is 1.98. The van der Waals surface area contributed by atoms with Crippen LogP contribution in [0.4, 0.5) is 0 Å². The Balaban J connectivity index is 2.24. The summed E-state index contributed by atoms with van der Waals surface area (Å²) in [7, 11) is 2.06. The van der Waals surface area contributed by atoms with E-state index >= 15 is 0 Å². The molecule has 0 heterocycles. The predicted octanol–water partition coefficient (Wildman–Crippen LogP) is 2.42. The molecule has 0 spiro atoms. The molecule has 0 saturated heterocycles. The van der Waals surface area contributed by atoms with Crippen molar-refractivity contribution < 1.29 is 0 Å². The highest BCUT2D eigenvalue weighted by molar-refractivity contribution is 4.77. The minimum Gasteiger partial charge on any atom is -0.317 e. The number of hydrogen-bond acceptors (Lipinski definition) is 1. The molecule has 0 amide bonds. The highest BCUT2D eigenvalue weighted by Crippen LogP contribution is 2.34. The van der Waals surface area contributed by atoms with Crippen molar-refractivity contribution in [2.75, 3.05) is 7.05 Å². The fourth-order valence-electron chi connectivity index (χ4n) is 2.14. The average molecular weight is 155 g/mol. The Bertz CT molecular complexity index is 111. The van der Waals surface area contributed by atoms with Crippen molar-refractivity contribution in [1.29, 1.82) is 0 Å². The van der Waals surface area contributed by atoms with E-state index < -0.39 is 0 Å². The Morgan fingerprint density at radius 3 is 2.64 bits per heavy atom. The molecule has 1 saturated carbocycles. The van der Waals surface area contributed by atoms with Crippen LogP contribution in [0.25, 0.3) is 0 Å². The smallest absolute Gasteiger partial charge is 0.00384 e. The molecule has 11 heavy (non-hydrogen) atoms. The molecule has 3 atom stereocenters. The van der Waals surface area contributed by atoms with Gasteiger partial charge in [0, 0.05) is 6.04 Å². The van der Waals surface area contributed by atoms with Crippen LogP contribution in [0.5, 0.6) is 0 Å². The molecular formula is C10H21N. The first-order valence-electron chi connectivity index (χ1n) is 4.91. The lowest BCUT2D eigenvalue weighted by molar-refractivity contribution is 0.349. The second-order valence-electron chi connectivity index (χ2n) is 4.09. The zero-order valence-electron chi connectivity index (χ0n) is 8.06. The second kappa shape index (κ2) is 4.10. The lowest BCUT2D eigenvalue weighted by Gasteiger charge is -2.19. The Labute approximate surface area is 70.6 Å². The van der Waals surface area contributed by atoms with Crippen LogP contribution >= 0.6 is 0 Å². The zero-order valence-corrected chi connectivity index (χ0v) is 8.06. The molecule has 66 valence electrons. The maximum atomic E-state index is 3.31. The van der Waals surface area contributed by atoms with Crippen molar-refractivity contribution in [2.24, 2.45) is 11.8 Å². The standard InChI is InChI=1S/C10H21N/c1-8-5-4-6-10(8)7-9(2)11-3/h8-11H,4-7H2,1-3H3. The largest absolute Gasteiger partial charge is 0.317 e. The van der Waals surface area contributed by atoms with Crippen molar-refractivity contribution in [3.63, 3.8) is 0 Å². The molecule has 0 aromatic carbocycles. The molecule has 1 heteroatoms. The van der Waals surface area contributed by atoms with E-state index in [1.807, 2.05) is 0 Å². The van der Waals surface area contributed by atoms with Crippen LogP contribution in [0.1, 0.15) is 39.5 Å². The van der Waals surface area contributed by atoms with Gasteiger partial charge in [0.15, 0.2) is 0 Å². The number of rotatable bonds is 3. The van der Waals surface area contributed by atoms with Crippen LogP contribution < -0.4 is 5.32 Å². The molecule has 0 aromatic heterocycles. The Morgan fingerprint density at radius 1 is 1.45 bits per heavy atom. The maximum absolute atomic E-state index is 3.31. The summed E-state index contributed by atoms with van der Waals surface area (Å²) in [6, 6.07) is 0.709. The lowest BCUT2D eigenvalue weighted by Crippen LogP contribution is -2.25. The quantitative estimate of drug-likeness (QED) is 0.660. The summed E-state index contributed by atoms with van der Waals surface area (Å²) in [5.41, 5.74) is 0. The lowest BCUT2D eigenvalue weighted by atomic mass is 9.92. The molecule has 0 bridgehead atoms. The first-order chi connectivity index (χ1) is 5.24. The van der Waals surface area contributed by atoms with Crippen LogP contribution in [0, 0.1) is 11.8 Å².